The summed E-state index contributed by atoms with van der Waals surface area (Å²) < 4.78 is 38.8. The number of rotatable bonds is 11. The quantitative estimate of drug-likeness (QED) is 0.115. The molecule has 19 heteroatoms. The number of allylic oxidation sites excluding steroid dienone is 2. The average Bonchev–Trinajstić information content (AvgIpc) is 3.94. The maximum atomic E-state index is 14.9. The van der Waals surface area contributed by atoms with Gasteiger partial charge in [0.15, 0.2) is 18.9 Å². The van der Waals surface area contributed by atoms with Gasteiger partial charge in [-0.05, 0) is 135 Å². The van der Waals surface area contributed by atoms with Crippen molar-refractivity contribution in [3.05, 3.63) is 53.4 Å². The Bertz CT molecular complexity index is 2440. The second-order valence-electron chi connectivity index (χ2n) is 26.4. The molecule has 19 nitrogen and oxygen atoms in total. The lowest BCUT2D eigenvalue weighted by Crippen LogP contribution is -2.66. The summed E-state index contributed by atoms with van der Waals surface area (Å²) in [7, 11) is 0. The standard InChI is InChI=1S/C57H86N4O15/c1-29-10-12-32(13-11-29)61-26-31(59-60-61)25-58-51(70)57-22-20-52(3,4)24-34(57)33-14-15-38-54(7)18-17-39(53(5,6)37(54)16-19-56(38,9)55(33,8)21-23-57)75-50-47(76-48-45(68)43(66)40(63)30(2)72-48)42(65)36(28-71-50)74-49-46(69)44(67)41(64)35(27-62)73-49/h10-14,26,30,34-50,62-69H,15-25,27-28H2,1-9H3,(H,58,70)/t30-,34-,35+,36-,37-,38+,39-,40-,41+,42-,43+,44-,45+,46+,47+,48-,49-,50-,54-,55+,56+,57-/m0/s1. The second-order valence-corrected chi connectivity index (χ2v) is 26.4. The number of carbonyl (C=O) groups is 1. The minimum absolute atomic E-state index is 0.0492. The zero-order valence-corrected chi connectivity index (χ0v) is 45.8. The molecule has 1 amide bonds. The zero-order chi connectivity index (χ0) is 54.7. The number of nitrogens with zero attached hydrogens (tertiary/aromatic N) is 3. The molecule has 0 unspecified atom stereocenters. The van der Waals surface area contributed by atoms with E-state index in [1.165, 1.54) is 18.1 Å². The summed E-state index contributed by atoms with van der Waals surface area (Å²) in [6.45, 7) is 19.7. The maximum absolute atomic E-state index is 14.9. The largest absolute Gasteiger partial charge is 0.394 e. The predicted molar refractivity (Wildman–Crippen MR) is 273 cm³/mol. The summed E-state index contributed by atoms with van der Waals surface area (Å²) in [6, 6.07) is 8.12. The van der Waals surface area contributed by atoms with Gasteiger partial charge < -0.3 is 74.6 Å². The molecule has 3 saturated heterocycles. The molecule has 3 aliphatic heterocycles. The van der Waals surface area contributed by atoms with E-state index in [4.69, 9.17) is 28.4 Å². The first-order valence-electron chi connectivity index (χ1n) is 28.0. The van der Waals surface area contributed by atoms with Gasteiger partial charge in [-0.2, -0.15) is 0 Å². The molecule has 9 N–H and O–H groups in total. The monoisotopic (exact) mass is 1070 g/mol. The van der Waals surface area contributed by atoms with Gasteiger partial charge >= 0.3 is 0 Å². The molecule has 4 saturated carbocycles. The predicted octanol–water partition coefficient (Wildman–Crippen LogP) is 3.49. The van der Waals surface area contributed by atoms with E-state index >= 15 is 0 Å². The third-order valence-corrected chi connectivity index (χ3v) is 21.3. The molecule has 8 aliphatic rings. The van der Waals surface area contributed by atoms with E-state index in [-0.39, 0.29) is 52.1 Å². The highest BCUT2D eigenvalue weighted by Gasteiger charge is 2.70. The molecule has 4 heterocycles. The van der Waals surface area contributed by atoms with E-state index in [0.717, 1.165) is 69.2 Å². The van der Waals surface area contributed by atoms with Gasteiger partial charge in [0.25, 0.3) is 0 Å². The number of aliphatic hydroxyl groups excluding tert-OH is 8. The summed E-state index contributed by atoms with van der Waals surface area (Å²) >= 11 is 0. The fourth-order valence-corrected chi connectivity index (χ4v) is 16.3. The molecule has 2 aromatic rings. The topological polar surface area (TPSA) is 277 Å². The van der Waals surface area contributed by atoms with E-state index in [1.54, 1.807) is 4.68 Å². The molecule has 1 aromatic carbocycles. The number of aliphatic hydroxyl groups is 8. The van der Waals surface area contributed by atoms with Crippen LogP contribution in [0.15, 0.2) is 42.1 Å². The molecule has 0 radical (unpaired) electrons. The summed E-state index contributed by atoms with van der Waals surface area (Å²) in [4.78, 5) is 14.9. The summed E-state index contributed by atoms with van der Waals surface area (Å²) in [5, 5.41) is 98.1. The first-order valence-corrected chi connectivity index (χ1v) is 28.0. The summed E-state index contributed by atoms with van der Waals surface area (Å²) in [6.07, 6.45) is -7.73. The molecule has 10 rings (SSSR count). The summed E-state index contributed by atoms with van der Waals surface area (Å²) in [5.74, 6) is 0.801. The van der Waals surface area contributed by atoms with Crippen LogP contribution in [0.4, 0.5) is 0 Å². The first-order chi connectivity index (χ1) is 35.8. The van der Waals surface area contributed by atoms with Crippen LogP contribution in [0.3, 0.4) is 0 Å². The van der Waals surface area contributed by atoms with Crippen LogP contribution in [-0.4, -0.2) is 167 Å². The van der Waals surface area contributed by atoms with Crippen LogP contribution in [0, 0.1) is 57.2 Å². The first kappa shape index (κ1) is 56.3. The molecule has 0 spiro atoms. The molecule has 76 heavy (non-hydrogen) atoms. The van der Waals surface area contributed by atoms with Crippen LogP contribution in [0.5, 0.6) is 0 Å². The Morgan fingerprint density at radius 1 is 0.763 bits per heavy atom. The number of aryl methyl sites for hydroxylation is 1. The molecule has 1 aromatic heterocycles. The lowest BCUT2D eigenvalue weighted by Gasteiger charge is -2.71. The van der Waals surface area contributed by atoms with Gasteiger partial charge in [-0.1, -0.05) is 83.0 Å². The molecular weight excluding hydrogens is 981 g/mol. The third kappa shape index (κ3) is 9.34. The van der Waals surface area contributed by atoms with Crippen LogP contribution in [-0.2, 0) is 39.8 Å². The van der Waals surface area contributed by atoms with Crippen molar-refractivity contribution < 1.29 is 74.1 Å². The maximum Gasteiger partial charge on any atom is 0.227 e. The lowest BCUT2D eigenvalue weighted by atomic mass is 9.33. The number of benzene rings is 1. The number of nitrogens with one attached hydrogen (secondary N) is 1. The molecule has 424 valence electrons. The van der Waals surface area contributed by atoms with E-state index in [1.807, 2.05) is 30.5 Å². The van der Waals surface area contributed by atoms with Gasteiger partial charge in [0.2, 0.25) is 5.91 Å². The van der Waals surface area contributed by atoms with E-state index in [2.05, 4.69) is 77.1 Å². The third-order valence-electron chi connectivity index (χ3n) is 21.3. The lowest BCUT2D eigenvalue weighted by molar-refractivity contribution is -0.380. The molecule has 22 atom stereocenters. The van der Waals surface area contributed by atoms with E-state index < -0.39 is 103 Å². The van der Waals surface area contributed by atoms with E-state index in [0.29, 0.717) is 18.9 Å². The van der Waals surface area contributed by atoms with Gasteiger partial charge in [-0.15, -0.1) is 5.10 Å². The minimum Gasteiger partial charge on any atom is -0.394 e. The van der Waals surface area contributed by atoms with Crippen molar-refractivity contribution in [1.29, 1.82) is 0 Å². The Morgan fingerprint density at radius 3 is 2.16 bits per heavy atom. The highest BCUT2D eigenvalue weighted by molar-refractivity contribution is 5.84. The zero-order valence-electron chi connectivity index (χ0n) is 45.8. The van der Waals surface area contributed by atoms with Crippen molar-refractivity contribution in [2.24, 2.45) is 50.2 Å². The van der Waals surface area contributed by atoms with Gasteiger partial charge in [0.1, 0.15) is 66.7 Å². The smallest absolute Gasteiger partial charge is 0.227 e. The highest BCUT2D eigenvalue weighted by Crippen LogP contribution is 2.76. The number of carbonyl (C=O) groups excluding carboxylic acids is 1. The van der Waals surface area contributed by atoms with Crippen LogP contribution in [0.1, 0.15) is 131 Å². The Balaban J connectivity index is 0.871. The number of amides is 1. The average molecular weight is 1070 g/mol. The number of ether oxygens (including phenoxy) is 6. The fraction of sp³-hybridized carbons (Fsp3) is 0.807. The van der Waals surface area contributed by atoms with Crippen LogP contribution >= 0.6 is 0 Å². The number of hydrogen-bond acceptors (Lipinski definition) is 17. The molecule has 7 fully saturated rings. The Labute approximate surface area is 446 Å². The van der Waals surface area contributed by atoms with Crippen molar-refractivity contribution in [2.75, 3.05) is 13.2 Å². The second kappa shape index (κ2) is 20.5. The fourth-order valence-electron chi connectivity index (χ4n) is 16.3. The van der Waals surface area contributed by atoms with Crippen LogP contribution in [0.2, 0.25) is 0 Å². The SMILES string of the molecule is Cc1ccc(-n2cc(CNC(=O)[C@]34CCC(C)(C)C[C@H]3C3=CC[C@@H]5[C@@]6(C)CC[C@H](O[C@@H]7OC[C@H](O[C@@H]8O[C@H](CO)[C@@H](O)[C@H](O)[C@H]8O)[C@H](O)[C@H]7O[C@@H]7O[C@@H](C)[C@H](O)[C@@H](O)[C@H]7O)C(C)(C)[C@@H]6CC[C@@]5(C)[C@]3(C)CC4)nn2)cc1. The summed E-state index contributed by atoms with van der Waals surface area (Å²) in [5.41, 5.74) is 3.16. The van der Waals surface area contributed by atoms with Crippen LogP contribution < -0.4 is 5.32 Å². The Morgan fingerprint density at radius 2 is 1.45 bits per heavy atom. The highest BCUT2D eigenvalue weighted by atomic mass is 16.8. The minimum atomic E-state index is -1.75. The van der Waals surface area contributed by atoms with Crippen molar-refractivity contribution in [2.45, 2.75) is 225 Å². The molecule has 5 aliphatic carbocycles. The van der Waals surface area contributed by atoms with E-state index in [9.17, 15) is 45.6 Å². The molecule has 0 bridgehead atoms. The van der Waals surface area contributed by atoms with Gasteiger partial charge in [-0.25, -0.2) is 4.68 Å². The van der Waals surface area contributed by atoms with Crippen LogP contribution in [0.25, 0.3) is 5.69 Å². The molecular formula is C57H86N4O15. The van der Waals surface area contributed by atoms with Crippen molar-refractivity contribution >= 4 is 5.91 Å². The van der Waals surface area contributed by atoms with Crippen molar-refractivity contribution in [1.82, 2.24) is 20.3 Å². The van der Waals surface area contributed by atoms with Gasteiger partial charge in [0, 0.05) is 0 Å². The Hall–Kier alpha value is -2.99. The Kier molecular flexibility index (Phi) is 15.2. The number of aromatic nitrogens is 3. The van der Waals surface area contributed by atoms with Gasteiger partial charge in [0.05, 0.1) is 49.3 Å². The number of hydrogen-bond donors (Lipinski definition) is 9. The van der Waals surface area contributed by atoms with Crippen molar-refractivity contribution in [3.63, 3.8) is 0 Å². The normalized spacial score (nSPS) is 46.8. The van der Waals surface area contributed by atoms with Crippen molar-refractivity contribution in [3.8, 4) is 5.69 Å². The number of fused-ring (bicyclic) bond motifs is 7. The van der Waals surface area contributed by atoms with Gasteiger partial charge in [-0.3, -0.25) is 4.79 Å².